The van der Waals surface area contributed by atoms with Crippen LogP contribution in [0.2, 0.25) is 0 Å². The average molecular weight is 470 g/mol. The van der Waals surface area contributed by atoms with Crippen molar-refractivity contribution >= 4 is 27.9 Å². The van der Waals surface area contributed by atoms with Crippen molar-refractivity contribution in [2.45, 2.75) is 44.2 Å². The number of rotatable bonds is 6. The summed E-state index contributed by atoms with van der Waals surface area (Å²) in [5, 5.41) is 3.01. The van der Waals surface area contributed by atoms with Gasteiger partial charge < -0.3 is 10.2 Å². The molecule has 5 nitrogen and oxygen atoms in total. The molecule has 0 aromatic heterocycles. The number of carbonyl (C=O) groups is 2. The Hall–Kier alpha value is -2.18. The summed E-state index contributed by atoms with van der Waals surface area (Å²) >= 11 is 3.42. The lowest BCUT2D eigenvalue weighted by molar-refractivity contribution is -0.133. The van der Waals surface area contributed by atoms with Crippen LogP contribution in [-0.4, -0.2) is 46.9 Å². The first-order valence-electron chi connectivity index (χ1n) is 10.6. The molecular formula is C24H28BrN3O2. The second kappa shape index (κ2) is 8.90. The number of hydrogen-bond donors (Lipinski definition) is 1. The molecule has 30 heavy (non-hydrogen) atoms. The highest BCUT2D eigenvalue weighted by molar-refractivity contribution is 9.10. The number of piperidine rings is 1. The van der Waals surface area contributed by atoms with Crippen LogP contribution in [-0.2, 0) is 11.3 Å². The van der Waals surface area contributed by atoms with Crippen LogP contribution in [0.25, 0.3) is 0 Å². The van der Waals surface area contributed by atoms with E-state index in [-0.39, 0.29) is 11.9 Å². The number of hydrogen-bond acceptors (Lipinski definition) is 3. The maximum Gasteiger partial charge on any atom is 0.325 e. The van der Waals surface area contributed by atoms with E-state index in [2.05, 4.69) is 57.3 Å². The molecule has 0 bridgehead atoms. The summed E-state index contributed by atoms with van der Waals surface area (Å²) in [6, 6.07) is 18.1. The van der Waals surface area contributed by atoms with Gasteiger partial charge in [0.15, 0.2) is 0 Å². The summed E-state index contributed by atoms with van der Waals surface area (Å²) in [5.41, 5.74) is 1.59. The lowest BCUT2D eigenvalue weighted by Crippen LogP contribution is -2.55. The number of halogens is 1. The fraction of sp³-hybridized carbons (Fsp3) is 0.417. The maximum atomic E-state index is 13.1. The third kappa shape index (κ3) is 4.44. The molecule has 0 radical (unpaired) electrons. The Kier molecular flexibility index (Phi) is 6.25. The smallest absolute Gasteiger partial charge is 0.323 e. The molecule has 4 rings (SSSR count). The van der Waals surface area contributed by atoms with Gasteiger partial charge >= 0.3 is 6.03 Å². The molecule has 0 saturated carbocycles. The maximum absolute atomic E-state index is 13.1. The second-order valence-electron chi connectivity index (χ2n) is 8.47. The number of imide groups is 1. The van der Waals surface area contributed by atoms with Crippen LogP contribution < -0.4 is 5.32 Å². The molecule has 2 aliphatic heterocycles. The highest BCUT2D eigenvalue weighted by atomic mass is 79.9. The minimum Gasteiger partial charge on any atom is -0.323 e. The summed E-state index contributed by atoms with van der Waals surface area (Å²) in [5.74, 6) is 0.434. The first kappa shape index (κ1) is 21.1. The molecule has 1 N–H and O–H groups in total. The number of amides is 3. The molecule has 2 fully saturated rings. The topological polar surface area (TPSA) is 52.7 Å². The van der Waals surface area contributed by atoms with E-state index in [0.717, 1.165) is 36.1 Å². The lowest BCUT2D eigenvalue weighted by Gasteiger charge is -2.37. The average Bonchev–Trinajstić information content (AvgIpc) is 2.99. The summed E-state index contributed by atoms with van der Waals surface area (Å²) in [4.78, 5) is 29.5. The molecular weight excluding hydrogens is 442 g/mol. The van der Waals surface area contributed by atoms with Crippen LogP contribution in [0.1, 0.15) is 43.2 Å². The van der Waals surface area contributed by atoms with Crippen molar-refractivity contribution in [2.75, 3.05) is 19.6 Å². The van der Waals surface area contributed by atoms with Crippen LogP contribution >= 0.6 is 15.9 Å². The van der Waals surface area contributed by atoms with E-state index in [1.54, 1.807) is 0 Å². The molecule has 2 saturated heterocycles. The van der Waals surface area contributed by atoms with Crippen LogP contribution in [0.5, 0.6) is 0 Å². The van der Waals surface area contributed by atoms with Crippen molar-refractivity contribution < 1.29 is 9.59 Å². The van der Waals surface area contributed by atoms with Crippen molar-refractivity contribution in [2.24, 2.45) is 0 Å². The largest absolute Gasteiger partial charge is 0.325 e. The molecule has 1 unspecified atom stereocenters. The monoisotopic (exact) mass is 469 g/mol. The van der Waals surface area contributed by atoms with Crippen molar-refractivity contribution in [3.8, 4) is 0 Å². The van der Waals surface area contributed by atoms with Gasteiger partial charge in [-0.2, -0.15) is 0 Å². The highest BCUT2D eigenvalue weighted by Crippen LogP contribution is 2.31. The molecule has 1 spiro atoms. The number of likely N-dealkylation sites (tertiary alicyclic amines) is 1. The van der Waals surface area contributed by atoms with Gasteiger partial charge in [0, 0.05) is 17.6 Å². The first-order chi connectivity index (χ1) is 14.5. The van der Waals surface area contributed by atoms with Crippen molar-refractivity contribution in [3.63, 3.8) is 0 Å². The lowest BCUT2D eigenvalue weighted by atomic mass is 9.87. The Morgan fingerprint density at radius 3 is 2.37 bits per heavy atom. The fourth-order valence-corrected chi connectivity index (χ4v) is 4.68. The number of nitrogens with zero attached hydrogens (tertiary/aromatic N) is 2. The van der Waals surface area contributed by atoms with Crippen molar-refractivity contribution in [1.82, 2.24) is 15.1 Å². The van der Waals surface area contributed by atoms with Gasteiger partial charge in [0.05, 0.1) is 6.54 Å². The Balaban J connectivity index is 1.31. The second-order valence-corrected chi connectivity index (χ2v) is 9.39. The summed E-state index contributed by atoms with van der Waals surface area (Å²) < 4.78 is 0.980. The Bertz CT molecular complexity index is 892. The first-order valence-corrected chi connectivity index (χ1v) is 11.4. The third-order valence-electron chi connectivity index (χ3n) is 6.46. The number of urea groups is 1. The Labute approximate surface area is 186 Å². The quantitative estimate of drug-likeness (QED) is 0.632. The predicted octanol–water partition coefficient (Wildman–Crippen LogP) is 4.53. The fourth-order valence-electron chi connectivity index (χ4n) is 4.41. The van der Waals surface area contributed by atoms with E-state index >= 15 is 0 Å². The van der Waals surface area contributed by atoms with Gasteiger partial charge in [0.25, 0.3) is 5.91 Å². The number of nitrogens with one attached hydrogen (secondary N) is 1. The molecule has 2 aliphatic rings. The zero-order chi connectivity index (χ0) is 21.1. The molecule has 3 amide bonds. The minimum atomic E-state index is -0.728. The van der Waals surface area contributed by atoms with Crippen molar-refractivity contribution in [1.29, 1.82) is 0 Å². The number of carbonyl (C=O) groups excluding carboxylic acids is 2. The summed E-state index contributed by atoms with van der Waals surface area (Å²) in [6.07, 6.45) is 2.44. The molecule has 158 valence electrons. The molecule has 1 atom stereocenters. The van der Waals surface area contributed by atoms with Crippen LogP contribution in [0.4, 0.5) is 4.79 Å². The van der Waals surface area contributed by atoms with E-state index in [1.165, 1.54) is 10.5 Å². The summed E-state index contributed by atoms with van der Waals surface area (Å²) in [6.45, 7) is 5.26. The van der Waals surface area contributed by atoms with Crippen LogP contribution in [0, 0.1) is 0 Å². The number of benzene rings is 2. The Morgan fingerprint density at radius 2 is 1.70 bits per heavy atom. The highest BCUT2D eigenvalue weighted by Gasteiger charge is 2.52. The van der Waals surface area contributed by atoms with Gasteiger partial charge in [-0.3, -0.25) is 9.69 Å². The van der Waals surface area contributed by atoms with Gasteiger partial charge in [-0.05, 0) is 55.0 Å². The van der Waals surface area contributed by atoms with Crippen LogP contribution in [0.3, 0.4) is 0 Å². The molecule has 6 heteroatoms. The van der Waals surface area contributed by atoms with E-state index < -0.39 is 5.54 Å². The minimum absolute atomic E-state index is 0.0762. The van der Waals surface area contributed by atoms with Gasteiger partial charge in [-0.1, -0.05) is 65.3 Å². The zero-order valence-electron chi connectivity index (χ0n) is 17.3. The summed E-state index contributed by atoms with van der Waals surface area (Å²) in [7, 11) is 0. The Morgan fingerprint density at radius 1 is 1.03 bits per heavy atom. The van der Waals surface area contributed by atoms with Gasteiger partial charge in [0.2, 0.25) is 0 Å². The van der Waals surface area contributed by atoms with Crippen molar-refractivity contribution in [3.05, 3.63) is 70.2 Å². The van der Waals surface area contributed by atoms with E-state index in [9.17, 15) is 9.59 Å². The van der Waals surface area contributed by atoms with Gasteiger partial charge in [0.1, 0.15) is 5.54 Å². The predicted molar refractivity (Wildman–Crippen MR) is 121 cm³/mol. The standard InChI is InChI=1S/C24H28BrN3O2/c1-18(20-5-3-2-4-6-20)11-14-27-15-12-24(13-16-27)22(29)28(23(30)26-24)17-19-7-9-21(25)10-8-19/h2-10,18H,11-17H2,1H3,(H,26,30). The molecule has 2 aromatic rings. The van der Waals surface area contributed by atoms with E-state index in [0.29, 0.717) is 25.3 Å². The third-order valence-corrected chi connectivity index (χ3v) is 6.99. The van der Waals surface area contributed by atoms with Gasteiger partial charge in [-0.15, -0.1) is 0 Å². The SMILES string of the molecule is CC(CCN1CCC2(CC1)NC(=O)N(Cc1ccc(Br)cc1)C2=O)c1ccccc1. The zero-order valence-corrected chi connectivity index (χ0v) is 18.9. The van der Waals surface area contributed by atoms with E-state index in [4.69, 9.17) is 0 Å². The molecule has 2 heterocycles. The molecule has 2 aromatic carbocycles. The van der Waals surface area contributed by atoms with Crippen LogP contribution in [0.15, 0.2) is 59.1 Å². The van der Waals surface area contributed by atoms with Gasteiger partial charge in [-0.25, -0.2) is 4.79 Å². The molecule has 0 aliphatic carbocycles. The normalized spacial score (nSPS) is 19.9. The van der Waals surface area contributed by atoms with E-state index in [1.807, 2.05) is 30.3 Å².